The lowest BCUT2D eigenvalue weighted by molar-refractivity contribution is 0.589. The van der Waals surface area contributed by atoms with Crippen LogP contribution < -0.4 is 4.90 Å². The predicted molar refractivity (Wildman–Crippen MR) is 210 cm³/mol. The number of nitrogens with zero attached hydrogens (tertiary/aromatic N) is 2. The highest BCUT2D eigenvalue weighted by Gasteiger charge is 2.23. The van der Waals surface area contributed by atoms with Crippen molar-refractivity contribution in [3.05, 3.63) is 145 Å². The van der Waals surface area contributed by atoms with E-state index < -0.39 is 0 Å². The van der Waals surface area contributed by atoms with Gasteiger partial charge in [-0.15, -0.1) is 11.3 Å². The van der Waals surface area contributed by atoms with E-state index in [1.807, 2.05) is 29.7 Å². The molecule has 0 aliphatic rings. The zero-order chi connectivity index (χ0) is 32.9. The molecule has 0 aliphatic heterocycles. The first-order valence-electron chi connectivity index (χ1n) is 16.8. The van der Waals surface area contributed by atoms with Crippen LogP contribution in [0.3, 0.4) is 0 Å². The topological polar surface area (TPSA) is 29.3 Å². The number of para-hydroxylation sites is 1. The molecule has 10 aromatic rings. The molecule has 234 valence electrons. The third-order valence-corrected chi connectivity index (χ3v) is 11.2. The van der Waals surface area contributed by atoms with Gasteiger partial charge in [0.15, 0.2) is 0 Å². The van der Waals surface area contributed by atoms with Crippen molar-refractivity contribution in [2.24, 2.45) is 0 Å². The lowest BCUT2D eigenvalue weighted by Gasteiger charge is -2.27. The van der Waals surface area contributed by atoms with E-state index in [4.69, 9.17) is 9.40 Å². The first-order valence-corrected chi connectivity index (χ1v) is 17.6. The Labute approximate surface area is 287 Å². The van der Waals surface area contributed by atoms with Crippen LogP contribution in [-0.2, 0) is 5.41 Å². The van der Waals surface area contributed by atoms with Crippen molar-refractivity contribution in [1.82, 2.24) is 4.98 Å². The number of rotatable bonds is 3. The van der Waals surface area contributed by atoms with E-state index >= 15 is 0 Å². The standard InChI is InChI=1S/C45H32N2OS/c1-45(2,3)27-21-22-46-43(23-27)47(28-19-20-41-37(24-28)33-15-8-9-18-40(33)48-41)39-17-10-16-34-38-25-35-31-13-6-4-11-29(31)30-12-5-7-14-32(30)36(35)26-42(38)49-44(34)39/h4-26H,1-3H3. The molecule has 3 nitrogen and oxygen atoms in total. The summed E-state index contributed by atoms with van der Waals surface area (Å²) in [7, 11) is 0. The molecule has 0 aliphatic carbocycles. The molecule has 3 aromatic heterocycles. The Morgan fingerprint density at radius 1 is 0.531 bits per heavy atom. The molecule has 0 atom stereocenters. The second-order valence-electron chi connectivity index (χ2n) is 14.0. The number of anilines is 3. The summed E-state index contributed by atoms with van der Waals surface area (Å²) in [6.45, 7) is 6.76. The maximum absolute atomic E-state index is 6.24. The van der Waals surface area contributed by atoms with Gasteiger partial charge in [0.2, 0.25) is 0 Å². The van der Waals surface area contributed by atoms with Crippen LogP contribution in [0.4, 0.5) is 17.2 Å². The number of aromatic nitrogens is 1. The molecule has 0 radical (unpaired) electrons. The third-order valence-electron chi connectivity index (χ3n) is 10.0. The number of benzene rings is 7. The molecule has 0 unspecified atom stereocenters. The molecule has 49 heavy (non-hydrogen) atoms. The van der Waals surface area contributed by atoms with Gasteiger partial charge in [0.25, 0.3) is 0 Å². The average molecular weight is 649 g/mol. The highest BCUT2D eigenvalue weighted by atomic mass is 32.1. The number of thiophene rings is 1. The van der Waals surface area contributed by atoms with Gasteiger partial charge in [-0.1, -0.05) is 99.6 Å². The zero-order valence-corrected chi connectivity index (χ0v) is 28.3. The largest absolute Gasteiger partial charge is 0.456 e. The van der Waals surface area contributed by atoms with E-state index in [-0.39, 0.29) is 5.41 Å². The Morgan fingerprint density at radius 3 is 1.90 bits per heavy atom. The van der Waals surface area contributed by atoms with E-state index in [2.05, 4.69) is 147 Å². The first kappa shape index (κ1) is 28.3. The van der Waals surface area contributed by atoms with Gasteiger partial charge in [0.05, 0.1) is 10.4 Å². The van der Waals surface area contributed by atoms with Crippen LogP contribution in [0.1, 0.15) is 26.3 Å². The van der Waals surface area contributed by atoms with Crippen LogP contribution in [0, 0.1) is 0 Å². The lowest BCUT2D eigenvalue weighted by atomic mass is 9.87. The summed E-state index contributed by atoms with van der Waals surface area (Å²) in [6, 6.07) is 48.3. The number of hydrogen-bond donors (Lipinski definition) is 0. The van der Waals surface area contributed by atoms with Gasteiger partial charge in [-0.05, 0) is 97.9 Å². The molecule has 0 fully saturated rings. The SMILES string of the molecule is CC(C)(C)c1ccnc(N(c2ccc3oc4ccccc4c3c2)c2cccc3c2sc2cc4c5ccccc5c5ccccc5c4cc23)c1. The minimum atomic E-state index is -0.0245. The summed E-state index contributed by atoms with van der Waals surface area (Å²) in [5.74, 6) is 0.895. The van der Waals surface area contributed by atoms with Crippen LogP contribution in [0.5, 0.6) is 0 Å². The first-order chi connectivity index (χ1) is 23.9. The van der Waals surface area contributed by atoms with Gasteiger partial charge in [-0.3, -0.25) is 4.90 Å². The molecule has 3 heterocycles. The van der Waals surface area contributed by atoms with Gasteiger partial charge in [0, 0.05) is 38.1 Å². The van der Waals surface area contributed by atoms with Gasteiger partial charge in [-0.25, -0.2) is 4.98 Å². The summed E-state index contributed by atoms with van der Waals surface area (Å²) in [5.41, 5.74) is 5.16. The van der Waals surface area contributed by atoms with Crippen LogP contribution in [0.25, 0.3) is 74.4 Å². The fourth-order valence-electron chi connectivity index (χ4n) is 7.61. The monoisotopic (exact) mass is 648 g/mol. The highest BCUT2D eigenvalue weighted by Crippen LogP contribution is 2.47. The Hall–Kier alpha value is -5.71. The maximum Gasteiger partial charge on any atom is 0.137 e. The van der Waals surface area contributed by atoms with E-state index in [9.17, 15) is 0 Å². The smallest absolute Gasteiger partial charge is 0.137 e. The fraction of sp³-hybridized carbons (Fsp3) is 0.0889. The Kier molecular flexibility index (Phi) is 6.01. The maximum atomic E-state index is 6.24. The summed E-state index contributed by atoms with van der Waals surface area (Å²) < 4.78 is 8.76. The molecule has 0 saturated heterocycles. The molecular weight excluding hydrogens is 617 g/mol. The number of furan rings is 1. The minimum absolute atomic E-state index is 0.0245. The predicted octanol–water partition coefficient (Wildman–Crippen LogP) is 13.6. The number of hydrogen-bond acceptors (Lipinski definition) is 4. The molecular formula is C45H32N2OS. The minimum Gasteiger partial charge on any atom is -0.456 e. The van der Waals surface area contributed by atoms with Gasteiger partial charge in [-0.2, -0.15) is 0 Å². The van der Waals surface area contributed by atoms with Crippen molar-refractivity contribution in [1.29, 1.82) is 0 Å². The second kappa shape index (κ2) is 10.4. The summed E-state index contributed by atoms with van der Waals surface area (Å²) in [5, 5.41) is 12.5. The van der Waals surface area contributed by atoms with Crippen LogP contribution >= 0.6 is 11.3 Å². The third kappa shape index (κ3) is 4.30. The normalized spacial score (nSPS) is 12.4. The van der Waals surface area contributed by atoms with Crippen molar-refractivity contribution in [3.63, 3.8) is 0 Å². The van der Waals surface area contributed by atoms with Crippen molar-refractivity contribution in [2.45, 2.75) is 26.2 Å². The van der Waals surface area contributed by atoms with E-state index in [1.165, 1.54) is 58.1 Å². The molecule has 0 saturated carbocycles. The highest BCUT2D eigenvalue weighted by molar-refractivity contribution is 7.26. The van der Waals surface area contributed by atoms with Gasteiger partial charge >= 0.3 is 0 Å². The Balaban J connectivity index is 1.27. The summed E-state index contributed by atoms with van der Waals surface area (Å²) in [6.07, 6.45) is 1.95. The van der Waals surface area contributed by atoms with Crippen LogP contribution in [-0.4, -0.2) is 4.98 Å². The lowest BCUT2D eigenvalue weighted by Crippen LogP contribution is -2.15. The van der Waals surface area contributed by atoms with Gasteiger partial charge < -0.3 is 4.42 Å². The fourth-order valence-corrected chi connectivity index (χ4v) is 8.84. The zero-order valence-electron chi connectivity index (χ0n) is 27.5. The van der Waals surface area contributed by atoms with Crippen molar-refractivity contribution in [3.8, 4) is 0 Å². The summed E-state index contributed by atoms with van der Waals surface area (Å²) >= 11 is 1.86. The van der Waals surface area contributed by atoms with E-state index in [0.717, 1.165) is 39.1 Å². The van der Waals surface area contributed by atoms with Crippen molar-refractivity contribution >= 4 is 103 Å². The number of pyridine rings is 1. The quantitative estimate of drug-likeness (QED) is 0.179. The number of fused-ring (bicyclic) bond motifs is 12. The van der Waals surface area contributed by atoms with Crippen LogP contribution in [0.2, 0.25) is 0 Å². The van der Waals surface area contributed by atoms with E-state index in [0.29, 0.717) is 0 Å². The molecule has 7 aromatic carbocycles. The Morgan fingerprint density at radius 2 is 1.16 bits per heavy atom. The molecule has 10 rings (SSSR count). The second-order valence-corrected chi connectivity index (χ2v) is 15.1. The Bertz CT molecular complexity index is 2940. The van der Waals surface area contributed by atoms with Gasteiger partial charge in [0.1, 0.15) is 17.0 Å². The molecule has 4 heteroatoms. The molecule has 0 bridgehead atoms. The van der Waals surface area contributed by atoms with E-state index in [1.54, 1.807) is 0 Å². The molecule has 0 N–H and O–H groups in total. The van der Waals surface area contributed by atoms with Crippen molar-refractivity contribution in [2.75, 3.05) is 4.90 Å². The molecule has 0 spiro atoms. The summed E-state index contributed by atoms with van der Waals surface area (Å²) in [4.78, 5) is 7.35. The van der Waals surface area contributed by atoms with Crippen LogP contribution in [0.15, 0.2) is 144 Å². The van der Waals surface area contributed by atoms with Crippen molar-refractivity contribution < 1.29 is 4.42 Å². The molecule has 0 amide bonds. The average Bonchev–Trinajstić information content (AvgIpc) is 3.69.